The van der Waals surface area contributed by atoms with Crippen molar-refractivity contribution in [3.8, 4) is 11.1 Å². The van der Waals surface area contributed by atoms with E-state index in [1.165, 1.54) is 0 Å². The Morgan fingerprint density at radius 1 is 0.857 bits per heavy atom. The molecule has 4 aromatic rings. The van der Waals surface area contributed by atoms with Gasteiger partial charge >= 0.3 is 0 Å². The molecular formula is C27H26N6O2. The summed E-state index contributed by atoms with van der Waals surface area (Å²) in [6.07, 6.45) is 4.86. The van der Waals surface area contributed by atoms with Crippen molar-refractivity contribution in [2.45, 2.75) is 12.8 Å². The summed E-state index contributed by atoms with van der Waals surface area (Å²) in [4.78, 5) is 34.0. The summed E-state index contributed by atoms with van der Waals surface area (Å²) in [7, 11) is 0. The Hall–Kier alpha value is -4.07. The molecule has 1 N–H and O–H groups in total. The third-order valence-corrected chi connectivity index (χ3v) is 7.27. The largest absolute Gasteiger partial charge is 0.342 e. The molecule has 0 spiro atoms. The van der Waals surface area contributed by atoms with Crippen LogP contribution in [0.5, 0.6) is 0 Å². The first-order valence-electron chi connectivity index (χ1n) is 12.0. The summed E-state index contributed by atoms with van der Waals surface area (Å²) < 4.78 is 0. The number of aromatic amines is 1. The number of hydrogen-bond donors (Lipinski definition) is 1. The summed E-state index contributed by atoms with van der Waals surface area (Å²) in [5.41, 5.74) is 5.45. The molecule has 0 aliphatic carbocycles. The Bertz CT molecular complexity index is 1350. The number of carbonyl (C=O) groups is 2. The molecule has 2 aliphatic rings. The lowest BCUT2D eigenvalue weighted by Crippen LogP contribution is -2.35. The van der Waals surface area contributed by atoms with E-state index >= 15 is 0 Å². The van der Waals surface area contributed by atoms with Crippen molar-refractivity contribution < 1.29 is 9.59 Å². The summed E-state index contributed by atoms with van der Waals surface area (Å²) in [6, 6.07) is 17.7. The summed E-state index contributed by atoms with van der Waals surface area (Å²) in [5.74, 6) is 0.914. The van der Waals surface area contributed by atoms with Gasteiger partial charge in [-0.3, -0.25) is 14.6 Å². The molecule has 0 unspecified atom stereocenters. The highest BCUT2D eigenvalue weighted by atomic mass is 16.2. The van der Waals surface area contributed by atoms with Crippen LogP contribution in [0.15, 0.2) is 67.0 Å². The number of hydrogen-bond acceptors (Lipinski definition) is 5. The van der Waals surface area contributed by atoms with Crippen molar-refractivity contribution in [2.24, 2.45) is 11.8 Å². The van der Waals surface area contributed by atoms with Crippen LogP contribution >= 0.6 is 0 Å². The molecule has 0 bridgehead atoms. The maximum atomic E-state index is 13.0. The number of carbonyl (C=O) groups excluding carboxylic acids is 2. The number of nitrogens with zero attached hydrogens (tertiary/aromatic N) is 5. The van der Waals surface area contributed by atoms with E-state index in [1.807, 2.05) is 34.2 Å². The number of fused-ring (bicyclic) bond motifs is 2. The minimum Gasteiger partial charge on any atom is -0.342 e. The highest BCUT2D eigenvalue weighted by molar-refractivity contribution is 5.97. The minimum atomic E-state index is 0.0249. The maximum absolute atomic E-state index is 13.0. The van der Waals surface area contributed by atoms with Crippen LogP contribution in [0.1, 0.15) is 22.3 Å². The van der Waals surface area contributed by atoms with Crippen LogP contribution in [0.2, 0.25) is 0 Å². The second-order valence-corrected chi connectivity index (χ2v) is 9.49. The van der Waals surface area contributed by atoms with Crippen molar-refractivity contribution in [3.05, 3.63) is 78.1 Å². The predicted octanol–water partition coefficient (Wildman–Crippen LogP) is 3.18. The molecular weight excluding hydrogens is 440 g/mol. The first-order valence-corrected chi connectivity index (χ1v) is 12.0. The van der Waals surface area contributed by atoms with Crippen LogP contribution in [0.4, 0.5) is 0 Å². The molecule has 2 amide bonds. The Morgan fingerprint density at radius 3 is 2.34 bits per heavy atom. The first kappa shape index (κ1) is 21.5. The van der Waals surface area contributed by atoms with Gasteiger partial charge in [0, 0.05) is 62.4 Å². The molecule has 0 radical (unpaired) electrons. The quantitative estimate of drug-likeness (QED) is 0.487. The summed E-state index contributed by atoms with van der Waals surface area (Å²) >= 11 is 0. The van der Waals surface area contributed by atoms with Crippen LogP contribution in [0.3, 0.4) is 0 Å². The number of likely N-dealkylation sites (tertiary alicyclic amines) is 2. The first-order chi connectivity index (χ1) is 17.1. The molecule has 8 heteroatoms. The van der Waals surface area contributed by atoms with Crippen molar-refractivity contribution in [1.29, 1.82) is 0 Å². The average molecular weight is 467 g/mol. The van der Waals surface area contributed by atoms with Crippen LogP contribution in [0, 0.1) is 11.8 Å². The zero-order valence-electron chi connectivity index (χ0n) is 19.3. The lowest BCUT2D eigenvalue weighted by atomic mass is 10.0. The van der Waals surface area contributed by atoms with E-state index in [0.29, 0.717) is 42.4 Å². The fourth-order valence-electron chi connectivity index (χ4n) is 5.33. The molecule has 2 atom stereocenters. The normalized spacial score (nSPS) is 19.3. The Morgan fingerprint density at radius 2 is 1.60 bits per heavy atom. The second-order valence-electron chi connectivity index (χ2n) is 9.49. The third-order valence-electron chi connectivity index (χ3n) is 7.27. The van der Waals surface area contributed by atoms with E-state index in [1.54, 1.807) is 18.3 Å². The van der Waals surface area contributed by atoms with Gasteiger partial charge in [0.05, 0.1) is 0 Å². The SMILES string of the molecule is O=C(CCc1ccc(-c2cccnc2)cc1)N1C[C@@H]2CN(C(=O)c3ccc4n[nH]nc4c3)C[C@H]2C1. The zero-order chi connectivity index (χ0) is 23.8. The average Bonchev–Trinajstić information content (AvgIpc) is 3.62. The van der Waals surface area contributed by atoms with E-state index < -0.39 is 0 Å². The number of aromatic nitrogens is 4. The summed E-state index contributed by atoms with van der Waals surface area (Å²) in [6.45, 7) is 2.85. The maximum Gasteiger partial charge on any atom is 0.253 e. The Balaban J connectivity index is 1.01. The molecule has 2 aromatic heterocycles. The van der Waals surface area contributed by atoms with Crippen LogP contribution in [-0.4, -0.2) is 68.2 Å². The molecule has 0 saturated carbocycles. The zero-order valence-corrected chi connectivity index (χ0v) is 19.3. The van der Waals surface area contributed by atoms with E-state index in [4.69, 9.17) is 0 Å². The van der Waals surface area contributed by atoms with Gasteiger partial charge in [0.15, 0.2) is 0 Å². The van der Waals surface area contributed by atoms with Crippen LogP contribution < -0.4 is 0 Å². The lowest BCUT2D eigenvalue weighted by Gasteiger charge is -2.22. The number of benzene rings is 2. The molecule has 35 heavy (non-hydrogen) atoms. The fourth-order valence-corrected chi connectivity index (χ4v) is 5.33. The van der Waals surface area contributed by atoms with Gasteiger partial charge in [-0.15, -0.1) is 0 Å². The molecule has 8 nitrogen and oxygen atoms in total. The Labute approximate surface area is 203 Å². The molecule has 2 aliphatic heterocycles. The molecule has 176 valence electrons. The molecule has 2 saturated heterocycles. The fraction of sp³-hybridized carbons (Fsp3) is 0.296. The highest BCUT2D eigenvalue weighted by Crippen LogP contribution is 2.32. The van der Waals surface area contributed by atoms with Crippen molar-refractivity contribution in [3.63, 3.8) is 0 Å². The van der Waals surface area contributed by atoms with Gasteiger partial charge in [0.25, 0.3) is 5.91 Å². The van der Waals surface area contributed by atoms with E-state index in [-0.39, 0.29) is 11.8 Å². The standard InChI is InChI=1S/C27H26N6O2/c34-26(10-5-18-3-6-19(7-4-18)21-2-1-11-28-13-21)32-14-22-16-33(17-23(22)15-32)27(35)20-8-9-24-25(12-20)30-31-29-24/h1-4,6-9,11-13,22-23H,5,10,14-17H2,(H,29,30,31)/t22-,23-/m1/s1. The molecule has 2 aromatic carbocycles. The predicted molar refractivity (Wildman–Crippen MR) is 131 cm³/mol. The monoisotopic (exact) mass is 466 g/mol. The van der Waals surface area contributed by atoms with Gasteiger partial charge in [0.1, 0.15) is 11.0 Å². The molecule has 6 rings (SSSR count). The van der Waals surface area contributed by atoms with Crippen LogP contribution in [0.25, 0.3) is 22.2 Å². The summed E-state index contributed by atoms with van der Waals surface area (Å²) in [5, 5.41) is 10.7. The van der Waals surface area contributed by atoms with Crippen molar-refractivity contribution in [2.75, 3.05) is 26.2 Å². The van der Waals surface area contributed by atoms with Gasteiger partial charge in [-0.25, -0.2) is 0 Å². The minimum absolute atomic E-state index is 0.0249. The molecule has 2 fully saturated rings. The van der Waals surface area contributed by atoms with E-state index in [0.717, 1.165) is 41.7 Å². The van der Waals surface area contributed by atoms with Crippen molar-refractivity contribution >= 4 is 22.8 Å². The van der Waals surface area contributed by atoms with Gasteiger partial charge in [0.2, 0.25) is 5.91 Å². The van der Waals surface area contributed by atoms with Crippen molar-refractivity contribution in [1.82, 2.24) is 30.2 Å². The van der Waals surface area contributed by atoms with Gasteiger partial charge in [-0.2, -0.15) is 15.4 Å². The Kier molecular flexibility index (Phi) is 5.48. The highest BCUT2D eigenvalue weighted by Gasteiger charge is 2.42. The van der Waals surface area contributed by atoms with Gasteiger partial charge < -0.3 is 9.80 Å². The lowest BCUT2D eigenvalue weighted by molar-refractivity contribution is -0.130. The number of H-pyrrole nitrogens is 1. The number of aryl methyl sites for hydroxylation is 1. The third kappa shape index (κ3) is 4.27. The number of nitrogens with one attached hydrogen (secondary N) is 1. The number of pyridine rings is 1. The van der Waals surface area contributed by atoms with Gasteiger partial charge in [-0.05, 0) is 47.4 Å². The number of amides is 2. The van der Waals surface area contributed by atoms with Crippen LogP contribution in [-0.2, 0) is 11.2 Å². The topological polar surface area (TPSA) is 95.1 Å². The number of rotatable bonds is 5. The smallest absolute Gasteiger partial charge is 0.253 e. The van der Waals surface area contributed by atoms with Gasteiger partial charge in [-0.1, -0.05) is 30.3 Å². The van der Waals surface area contributed by atoms with E-state index in [2.05, 4.69) is 44.7 Å². The second kappa shape index (κ2) is 8.94. The molecule has 4 heterocycles. The van der Waals surface area contributed by atoms with E-state index in [9.17, 15) is 9.59 Å².